The van der Waals surface area contributed by atoms with Crippen molar-refractivity contribution in [2.24, 2.45) is 11.3 Å². The second-order valence-electron chi connectivity index (χ2n) is 8.44. The van der Waals surface area contributed by atoms with Gasteiger partial charge in [0.2, 0.25) is 5.91 Å². The fourth-order valence-corrected chi connectivity index (χ4v) is 4.01. The third-order valence-electron chi connectivity index (χ3n) is 4.23. The second kappa shape index (κ2) is 11.4. The first-order valence-corrected chi connectivity index (χ1v) is 10.9. The van der Waals surface area contributed by atoms with Crippen molar-refractivity contribution >= 4 is 23.2 Å². The van der Waals surface area contributed by atoms with Gasteiger partial charge in [-0.2, -0.15) is 0 Å². The van der Waals surface area contributed by atoms with Crippen molar-refractivity contribution in [2.45, 2.75) is 80.2 Å². The average Bonchev–Trinajstić information content (AvgIpc) is 3.01. The van der Waals surface area contributed by atoms with E-state index in [4.69, 9.17) is 4.74 Å². The van der Waals surface area contributed by atoms with Crippen LogP contribution in [-0.4, -0.2) is 34.9 Å². The lowest BCUT2D eigenvalue weighted by Gasteiger charge is -2.26. The van der Waals surface area contributed by atoms with Crippen LogP contribution in [0.1, 0.15) is 89.1 Å². The highest BCUT2D eigenvalue weighted by atomic mass is 32.1. The summed E-state index contributed by atoms with van der Waals surface area (Å²) in [5.41, 5.74) is 0.551. The standard InChI is InChI=1S/C21H36N2O3S/c1-7-9-10-11-23(19(24)12-16(3)13-21(4,5)6)14-18-22-17(15-27-18)20(25)26-8-2/h15-16H,7-14H2,1-6H3/t16-/m0/s1. The van der Waals surface area contributed by atoms with Gasteiger partial charge in [-0.3, -0.25) is 4.79 Å². The maximum absolute atomic E-state index is 12.9. The molecule has 1 aromatic heterocycles. The lowest BCUT2D eigenvalue weighted by molar-refractivity contribution is -0.133. The zero-order valence-corrected chi connectivity index (χ0v) is 18.7. The van der Waals surface area contributed by atoms with E-state index in [0.717, 1.165) is 37.2 Å². The summed E-state index contributed by atoms with van der Waals surface area (Å²) in [6.07, 6.45) is 4.79. The van der Waals surface area contributed by atoms with Crippen LogP contribution in [0.25, 0.3) is 0 Å². The zero-order valence-electron chi connectivity index (χ0n) is 17.8. The van der Waals surface area contributed by atoms with E-state index in [9.17, 15) is 9.59 Å². The predicted molar refractivity (Wildman–Crippen MR) is 111 cm³/mol. The Kier molecular flexibility index (Phi) is 9.99. The number of amides is 1. The Morgan fingerprint density at radius 1 is 1.26 bits per heavy atom. The van der Waals surface area contributed by atoms with Gasteiger partial charge in [0.1, 0.15) is 5.01 Å². The summed E-state index contributed by atoms with van der Waals surface area (Å²) in [7, 11) is 0. The van der Waals surface area contributed by atoms with E-state index in [2.05, 4.69) is 39.6 Å². The molecule has 0 saturated heterocycles. The van der Waals surface area contributed by atoms with Crippen LogP contribution in [0.4, 0.5) is 0 Å². The number of unbranched alkanes of at least 4 members (excludes halogenated alkanes) is 2. The van der Waals surface area contributed by atoms with Crippen molar-refractivity contribution in [1.82, 2.24) is 9.88 Å². The fraction of sp³-hybridized carbons (Fsp3) is 0.762. The minimum absolute atomic E-state index is 0.177. The van der Waals surface area contributed by atoms with Crippen LogP contribution in [0, 0.1) is 11.3 Å². The van der Waals surface area contributed by atoms with Crippen molar-refractivity contribution < 1.29 is 14.3 Å². The molecule has 6 heteroatoms. The largest absolute Gasteiger partial charge is 0.461 e. The molecule has 0 spiro atoms. The average molecular weight is 397 g/mol. The Morgan fingerprint density at radius 3 is 2.56 bits per heavy atom. The van der Waals surface area contributed by atoms with Crippen molar-refractivity contribution in [3.05, 3.63) is 16.1 Å². The molecule has 1 amide bonds. The summed E-state index contributed by atoms with van der Waals surface area (Å²) >= 11 is 1.41. The first kappa shape index (κ1) is 23.6. The fourth-order valence-electron chi connectivity index (χ4n) is 3.23. The molecule has 0 aliphatic rings. The first-order chi connectivity index (χ1) is 12.7. The molecule has 0 aliphatic carbocycles. The highest BCUT2D eigenvalue weighted by Crippen LogP contribution is 2.26. The maximum Gasteiger partial charge on any atom is 0.357 e. The summed E-state index contributed by atoms with van der Waals surface area (Å²) in [5, 5.41) is 2.50. The topological polar surface area (TPSA) is 59.5 Å². The monoisotopic (exact) mass is 396 g/mol. The predicted octanol–water partition coefficient (Wildman–Crippen LogP) is 5.30. The third kappa shape index (κ3) is 9.36. The van der Waals surface area contributed by atoms with Gasteiger partial charge in [-0.15, -0.1) is 11.3 Å². The van der Waals surface area contributed by atoms with Crippen LogP contribution < -0.4 is 0 Å². The molecule has 1 aromatic rings. The van der Waals surface area contributed by atoms with Gasteiger partial charge >= 0.3 is 5.97 Å². The van der Waals surface area contributed by atoms with Gasteiger partial charge in [0.15, 0.2) is 5.69 Å². The molecule has 5 nitrogen and oxygen atoms in total. The molecule has 0 bridgehead atoms. The summed E-state index contributed by atoms with van der Waals surface area (Å²) in [4.78, 5) is 31.0. The number of hydrogen-bond donors (Lipinski definition) is 0. The first-order valence-electron chi connectivity index (χ1n) is 10.1. The van der Waals surface area contributed by atoms with Crippen molar-refractivity contribution in [3.63, 3.8) is 0 Å². The Bertz CT molecular complexity index is 592. The summed E-state index contributed by atoms with van der Waals surface area (Å²) in [6, 6.07) is 0. The number of carbonyl (C=O) groups excluding carboxylic acids is 2. The molecule has 1 heterocycles. The lowest BCUT2D eigenvalue weighted by Crippen LogP contribution is -2.33. The molecule has 0 saturated carbocycles. The Hall–Kier alpha value is -1.43. The van der Waals surface area contributed by atoms with E-state index in [-0.39, 0.29) is 11.3 Å². The van der Waals surface area contributed by atoms with Crippen LogP contribution in [-0.2, 0) is 16.1 Å². The van der Waals surface area contributed by atoms with Crippen LogP contribution in [0.2, 0.25) is 0 Å². The number of thiazole rings is 1. The highest BCUT2D eigenvalue weighted by Gasteiger charge is 2.22. The van der Waals surface area contributed by atoms with Crippen molar-refractivity contribution in [3.8, 4) is 0 Å². The number of hydrogen-bond acceptors (Lipinski definition) is 5. The van der Waals surface area contributed by atoms with E-state index >= 15 is 0 Å². The van der Waals surface area contributed by atoms with Gasteiger partial charge in [-0.25, -0.2) is 9.78 Å². The molecule has 0 fully saturated rings. The quantitative estimate of drug-likeness (QED) is 0.376. The summed E-state index contributed by atoms with van der Waals surface area (Å²) in [5.74, 6) is 0.121. The van der Waals surface area contributed by atoms with E-state index in [0.29, 0.717) is 31.2 Å². The number of aromatic nitrogens is 1. The smallest absolute Gasteiger partial charge is 0.357 e. The van der Waals surface area contributed by atoms with Crippen molar-refractivity contribution in [2.75, 3.05) is 13.2 Å². The van der Waals surface area contributed by atoms with Crippen LogP contribution in [0.5, 0.6) is 0 Å². The normalized spacial score (nSPS) is 12.7. The Labute approximate surface area is 168 Å². The molecule has 0 N–H and O–H groups in total. The van der Waals surface area contributed by atoms with Gasteiger partial charge in [-0.05, 0) is 31.1 Å². The maximum atomic E-state index is 12.9. The van der Waals surface area contributed by atoms with Crippen LogP contribution in [0.15, 0.2) is 5.38 Å². The molecule has 0 radical (unpaired) electrons. The highest BCUT2D eigenvalue weighted by molar-refractivity contribution is 7.09. The summed E-state index contributed by atoms with van der Waals surface area (Å²) in [6.45, 7) is 14.2. The van der Waals surface area contributed by atoms with Gasteiger partial charge in [0.05, 0.1) is 13.2 Å². The van der Waals surface area contributed by atoms with Gasteiger partial charge in [0.25, 0.3) is 0 Å². The SMILES string of the molecule is CCCCCN(Cc1nc(C(=O)OCC)cs1)C(=O)C[C@H](C)CC(C)(C)C. The van der Waals surface area contributed by atoms with Gasteiger partial charge < -0.3 is 9.64 Å². The molecule has 0 unspecified atom stereocenters. The molecule has 0 aliphatic heterocycles. The van der Waals surface area contributed by atoms with E-state index in [1.807, 2.05) is 4.90 Å². The molecule has 0 aromatic carbocycles. The molecular formula is C21H36N2O3S. The van der Waals surface area contributed by atoms with E-state index < -0.39 is 5.97 Å². The number of carbonyl (C=O) groups is 2. The minimum atomic E-state index is -0.400. The number of esters is 1. The molecule has 27 heavy (non-hydrogen) atoms. The second-order valence-corrected chi connectivity index (χ2v) is 9.39. The third-order valence-corrected chi connectivity index (χ3v) is 5.06. The molecule has 1 rings (SSSR count). The molecule has 1 atom stereocenters. The van der Waals surface area contributed by atoms with E-state index in [1.54, 1.807) is 12.3 Å². The van der Waals surface area contributed by atoms with Crippen molar-refractivity contribution in [1.29, 1.82) is 0 Å². The number of ether oxygens (including phenoxy) is 1. The van der Waals surface area contributed by atoms with Gasteiger partial charge in [0, 0.05) is 18.3 Å². The number of nitrogens with zero attached hydrogens (tertiary/aromatic N) is 2. The van der Waals surface area contributed by atoms with E-state index in [1.165, 1.54) is 11.3 Å². The van der Waals surface area contributed by atoms with Crippen LogP contribution in [0.3, 0.4) is 0 Å². The van der Waals surface area contributed by atoms with Gasteiger partial charge in [-0.1, -0.05) is 47.5 Å². The molecule has 154 valence electrons. The lowest BCUT2D eigenvalue weighted by atomic mass is 9.84. The van der Waals surface area contributed by atoms with Crippen LogP contribution >= 0.6 is 11.3 Å². The zero-order chi connectivity index (χ0) is 20.4. The minimum Gasteiger partial charge on any atom is -0.461 e. The summed E-state index contributed by atoms with van der Waals surface area (Å²) < 4.78 is 5.00. The Balaban J connectivity index is 2.75. The molecular weight excluding hydrogens is 360 g/mol. The number of rotatable bonds is 11. The Morgan fingerprint density at radius 2 is 1.96 bits per heavy atom.